The van der Waals surface area contributed by atoms with Gasteiger partial charge in [0.2, 0.25) is 0 Å². The molecule has 0 unspecified atom stereocenters. The topological polar surface area (TPSA) is 54.0 Å². The molecule has 0 bridgehead atoms. The first-order valence-electron chi connectivity index (χ1n) is 9.35. The number of hydrogen-bond acceptors (Lipinski definition) is 4. The van der Waals surface area contributed by atoms with Crippen molar-refractivity contribution < 1.29 is 14.3 Å². The Balaban J connectivity index is 1.25. The fourth-order valence-corrected chi connectivity index (χ4v) is 4.01. The summed E-state index contributed by atoms with van der Waals surface area (Å²) in [5.74, 6) is -0.318. The molecule has 3 heterocycles. The number of carbonyl (C=O) groups excluding carboxylic acids is 1. The van der Waals surface area contributed by atoms with Crippen LogP contribution < -0.4 is 5.32 Å². The molecule has 0 aliphatic carbocycles. The van der Waals surface area contributed by atoms with E-state index in [1.54, 1.807) is 0 Å². The molecule has 6 nitrogen and oxygen atoms in total. The standard InChI is InChI=1S/C19H27N3O3/c1-2-15-5-3-4-6-17(15)20-18(23)22-13-16(14-22)21-9-7-19(8-10-21)24-11-12-25-19/h3-6,16H,2,7-14H2,1H3,(H,20,23). The third-order valence-corrected chi connectivity index (χ3v) is 5.68. The first-order chi connectivity index (χ1) is 12.2. The zero-order valence-electron chi connectivity index (χ0n) is 14.9. The minimum absolute atomic E-state index is 0.00749. The van der Waals surface area contributed by atoms with E-state index in [9.17, 15) is 4.79 Å². The van der Waals surface area contributed by atoms with Crippen molar-refractivity contribution in [2.75, 3.05) is 44.7 Å². The predicted octanol–water partition coefficient (Wildman–Crippen LogP) is 2.30. The molecule has 6 heteroatoms. The summed E-state index contributed by atoms with van der Waals surface area (Å²) in [7, 11) is 0. The Morgan fingerprint density at radius 3 is 2.56 bits per heavy atom. The Morgan fingerprint density at radius 1 is 1.20 bits per heavy atom. The molecule has 1 aromatic rings. The van der Waals surface area contributed by atoms with Crippen LogP contribution >= 0.6 is 0 Å². The van der Waals surface area contributed by atoms with Crippen molar-refractivity contribution in [2.45, 2.75) is 38.0 Å². The van der Waals surface area contributed by atoms with Gasteiger partial charge in [0.1, 0.15) is 0 Å². The number of rotatable bonds is 3. The van der Waals surface area contributed by atoms with Crippen LogP contribution in [0, 0.1) is 0 Å². The van der Waals surface area contributed by atoms with Crippen molar-refractivity contribution >= 4 is 11.7 Å². The number of ether oxygens (including phenoxy) is 2. The smallest absolute Gasteiger partial charge is 0.321 e. The van der Waals surface area contributed by atoms with Crippen LogP contribution in [-0.4, -0.2) is 67.1 Å². The molecular weight excluding hydrogens is 318 g/mol. The Morgan fingerprint density at radius 2 is 1.88 bits per heavy atom. The molecule has 4 rings (SSSR count). The van der Waals surface area contributed by atoms with E-state index in [0.717, 1.165) is 64.3 Å². The largest absolute Gasteiger partial charge is 0.347 e. The van der Waals surface area contributed by atoms with E-state index in [2.05, 4.69) is 23.2 Å². The Labute approximate surface area is 149 Å². The average Bonchev–Trinajstić information content (AvgIpc) is 3.04. The van der Waals surface area contributed by atoms with Crippen molar-refractivity contribution in [3.8, 4) is 0 Å². The highest BCUT2D eigenvalue weighted by Crippen LogP contribution is 2.33. The number of amides is 2. The molecule has 136 valence electrons. The van der Waals surface area contributed by atoms with E-state index in [1.807, 2.05) is 23.1 Å². The number of urea groups is 1. The Hall–Kier alpha value is -1.63. The van der Waals surface area contributed by atoms with Gasteiger partial charge in [-0.15, -0.1) is 0 Å². The molecular formula is C19H27N3O3. The summed E-state index contributed by atoms with van der Waals surface area (Å²) in [6.07, 6.45) is 2.78. The minimum atomic E-state index is -0.318. The van der Waals surface area contributed by atoms with E-state index >= 15 is 0 Å². The number of nitrogens with zero attached hydrogens (tertiary/aromatic N) is 2. The molecule has 3 saturated heterocycles. The van der Waals surface area contributed by atoms with Crippen LogP contribution in [0.1, 0.15) is 25.3 Å². The van der Waals surface area contributed by atoms with Crippen LogP contribution in [0.3, 0.4) is 0 Å². The number of nitrogens with one attached hydrogen (secondary N) is 1. The highest BCUT2D eigenvalue weighted by Gasteiger charge is 2.43. The second kappa shape index (κ2) is 6.94. The zero-order chi connectivity index (χ0) is 17.3. The summed E-state index contributed by atoms with van der Waals surface area (Å²) >= 11 is 0. The van der Waals surface area contributed by atoms with Gasteiger partial charge >= 0.3 is 6.03 Å². The second-order valence-corrected chi connectivity index (χ2v) is 7.14. The van der Waals surface area contributed by atoms with Crippen molar-refractivity contribution in [3.05, 3.63) is 29.8 Å². The number of aryl methyl sites for hydroxylation is 1. The summed E-state index contributed by atoms with van der Waals surface area (Å²) in [4.78, 5) is 16.8. The number of carbonyl (C=O) groups is 1. The number of hydrogen-bond donors (Lipinski definition) is 1. The van der Waals surface area contributed by atoms with Gasteiger partial charge in [-0.1, -0.05) is 25.1 Å². The van der Waals surface area contributed by atoms with Gasteiger partial charge in [-0.3, -0.25) is 4.90 Å². The number of para-hydroxylation sites is 1. The fraction of sp³-hybridized carbons (Fsp3) is 0.632. The molecule has 3 aliphatic rings. The highest BCUT2D eigenvalue weighted by molar-refractivity contribution is 5.90. The van der Waals surface area contributed by atoms with E-state index in [-0.39, 0.29) is 11.8 Å². The fourth-order valence-electron chi connectivity index (χ4n) is 4.01. The van der Waals surface area contributed by atoms with Gasteiger partial charge in [0.15, 0.2) is 5.79 Å². The second-order valence-electron chi connectivity index (χ2n) is 7.14. The monoisotopic (exact) mass is 345 g/mol. The van der Waals surface area contributed by atoms with E-state index in [0.29, 0.717) is 6.04 Å². The van der Waals surface area contributed by atoms with Crippen LogP contribution in [0.15, 0.2) is 24.3 Å². The molecule has 1 N–H and O–H groups in total. The average molecular weight is 345 g/mol. The van der Waals surface area contributed by atoms with Crippen molar-refractivity contribution in [1.29, 1.82) is 0 Å². The van der Waals surface area contributed by atoms with E-state index in [4.69, 9.17) is 9.47 Å². The van der Waals surface area contributed by atoms with Crippen LogP contribution in [0.4, 0.5) is 10.5 Å². The number of likely N-dealkylation sites (tertiary alicyclic amines) is 2. The minimum Gasteiger partial charge on any atom is -0.347 e. The van der Waals surface area contributed by atoms with Gasteiger partial charge in [-0.2, -0.15) is 0 Å². The lowest BCUT2D eigenvalue weighted by Crippen LogP contribution is -2.64. The molecule has 25 heavy (non-hydrogen) atoms. The number of piperidine rings is 1. The predicted molar refractivity (Wildman–Crippen MR) is 95.6 cm³/mol. The van der Waals surface area contributed by atoms with Crippen molar-refractivity contribution in [3.63, 3.8) is 0 Å². The molecule has 1 spiro atoms. The lowest BCUT2D eigenvalue weighted by Gasteiger charge is -2.48. The van der Waals surface area contributed by atoms with Gasteiger partial charge in [-0.05, 0) is 18.1 Å². The summed E-state index contributed by atoms with van der Waals surface area (Å²) in [6, 6.07) is 8.48. The van der Waals surface area contributed by atoms with Crippen LogP contribution in [0.25, 0.3) is 0 Å². The lowest BCUT2D eigenvalue weighted by atomic mass is 9.99. The number of benzene rings is 1. The van der Waals surface area contributed by atoms with E-state index < -0.39 is 0 Å². The molecule has 0 aromatic heterocycles. The molecule has 0 saturated carbocycles. The third kappa shape index (κ3) is 3.38. The molecule has 1 aromatic carbocycles. The molecule has 2 amide bonds. The summed E-state index contributed by atoms with van der Waals surface area (Å²) in [6.45, 7) is 7.11. The zero-order valence-corrected chi connectivity index (χ0v) is 14.9. The van der Waals surface area contributed by atoms with Gasteiger partial charge < -0.3 is 19.7 Å². The van der Waals surface area contributed by atoms with Crippen molar-refractivity contribution in [2.24, 2.45) is 0 Å². The van der Waals surface area contributed by atoms with Gasteiger partial charge in [-0.25, -0.2) is 4.79 Å². The van der Waals surface area contributed by atoms with Crippen LogP contribution in [0.5, 0.6) is 0 Å². The van der Waals surface area contributed by atoms with Gasteiger partial charge in [0.05, 0.1) is 13.2 Å². The quantitative estimate of drug-likeness (QED) is 0.913. The Kier molecular flexibility index (Phi) is 4.67. The summed E-state index contributed by atoms with van der Waals surface area (Å²) in [5.41, 5.74) is 2.10. The molecule has 3 fully saturated rings. The summed E-state index contributed by atoms with van der Waals surface area (Å²) < 4.78 is 11.6. The molecule has 0 atom stereocenters. The summed E-state index contributed by atoms with van der Waals surface area (Å²) in [5, 5.41) is 3.05. The lowest BCUT2D eigenvalue weighted by molar-refractivity contribution is -0.190. The highest BCUT2D eigenvalue weighted by atomic mass is 16.7. The molecule has 0 radical (unpaired) electrons. The molecule has 3 aliphatic heterocycles. The maximum atomic E-state index is 12.5. The number of anilines is 1. The first-order valence-corrected chi connectivity index (χ1v) is 9.35. The van der Waals surface area contributed by atoms with Crippen LogP contribution in [0.2, 0.25) is 0 Å². The maximum absolute atomic E-state index is 12.5. The third-order valence-electron chi connectivity index (χ3n) is 5.68. The van der Waals surface area contributed by atoms with Crippen LogP contribution in [-0.2, 0) is 15.9 Å². The first kappa shape index (κ1) is 16.8. The Bertz CT molecular complexity index is 614. The van der Waals surface area contributed by atoms with Crippen molar-refractivity contribution in [1.82, 2.24) is 9.80 Å². The maximum Gasteiger partial charge on any atom is 0.321 e. The van der Waals surface area contributed by atoms with E-state index in [1.165, 1.54) is 5.56 Å². The van der Waals surface area contributed by atoms with Gasteiger partial charge in [0.25, 0.3) is 0 Å². The SMILES string of the molecule is CCc1ccccc1NC(=O)N1CC(N2CCC3(CC2)OCCO3)C1. The van der Waals surface area contributed by atoms with Gasteiger partial charge in [0, 0.05) is 50.7 Å². The normalized spacial score (nSPS) is 23.6.